The van der Waals surface area contributed by atoms with E-state index < -0.39 is 21.2 Å². The SMILES string of the molecule is [N-]=[N+]=Nc1cc([N+](=O)[O-])c([N+](=O)[O-])c2c1OCCCCO2. The van der Waals surface area contributed by atoms with Crippen molar-refractivity contribution in [1.29, 1.82) is 0 Å². The van der Waals surface area contributed by atoms with Crippen molar-refractivity contribution in [2.75, 3.05) is 13.2 Å². The Morgan fingerprint density at radius 2 is 1.76 bits per heavy atom. The van der Waals surface area contributed by atoms with Gasteiger partial charge in [0.25, 0.3) is 0 Å². The molecular formula is C10H9N5O6. The van der Waals surface area contributed by atoms with Crippen LogP contribution < -0.4 is 9.47 Å². The molecule has 110 valence electrons. The van der Waals surface area contributed by atoms with Gasteiger partial charge in [0.15, 0.2) is 5.75 Å². The Hall–Kier alpha value is -3.07. The Bertz CT molecular complexity index is 654. The van der Waals surface area contributed by atoms with Crippen LogP contribution in [0.5, 0.6) is 11.5 Å². The van der Waals surface area contributed by atoms with Crippen molar-refractivity contribution >= 4 is 17.1 Å². The topological polar surface area (TPSA) is 154 Å². The van der Waals surface area contributed by atoms with Gasteiger partial charge in [0, 0.05) is 11.0 Å². The molecule has 0 amide bonds. The monoisotopic (exact) mass is 295 g/mol. The van der Waals surface area contributed by atoms with Crippen LogP contribution >= 0.6 is 0 Å². The molecular weight excluding hydrogens is 286 g/mol. The summed E-state index contributed by atoms with van der Waals surface area (Å²) in [7, 11) is 0. The minimum absolute atomic E-state index is 0.147. The van der Waals surface area contributed by atoms with Crippen molar-refractivity contribution in [2.45, 2.75) is 12.8 Å². The molecule has 1 aliphatic rings. The third-order valence-corrected chi connectivity index (χ3v) is 2.73. The Morgan fingerprint density at radius 3 is 2.29 bits per heavy atom. The van der Waals surface area contributed by atoms with Crippen molar-refractivity contribution in [3.8, 4) is 11.5 Å². The molecule has 0 fully saturated rings. The van der Waals surface area contributed by atoms with Gasteiger partial charge in [0.2, 0.25) is 5.75 Å². The van der Waals surface area contributed by atoms with Gasteiger partial charge in [-0.2, -0.15) is 0 Å². The Kier molecular flexibility index (Phi) is 4.05. The summed E-state index contributed by atoms with van der Waals surface area (Å²) in [5.74, 6) is -0.527. The first-order chi connectivity index (χ1) is 10.1. The highest BCUT2D eigenvalue weighted by Gasteiger charge is 2.36. The maximum Gasteiger partial charge on any atom is 0.391 e. The highest BCUT2D eigenvalue weighted by atomic mass is 16.6. The van der Waals surface area contributed by atoms with Gasteiger partial charge in [-0.15, -0.1) is 0 Å². The van der Waals surface area contributed by atoms with E-state index in [-0.39, 0.29) is 30.4 Å². The summed E-state index contributed by atoms with van der Waals surface area (Å²) >= 11 is 0. The van der Waals surface area contributed by atoms with Crippen LogP contribution in [0, 0.1) is 20.2 Å². The number of nitrogens with zero attached hydrogens (tertiary/aromatic N) is 5. The van der Waals surface area contributed by atoms with Crippen LogP contribution in [0.25, 0.3) is 10.4 Å². The smallest absolute Gasteiger partial charge is 0.391 e. The van der Waals surface area contributed by atoms with E-state index in [1.807, 2.05) is 0 Å². The molecule has 1 aromatic carbocycles. The van der Waals surface area contributed by atoms with Crippen LogP contribution in [0.4, 0.5) is 17.1 Å². The van der Waals surface area contributed by atoms with Crippen molar-refractivity contribution in [3.05, 3.63) is 36.7 Å². The van der Waals surface area contributed by atoms with Gasteiger partial charge in [-0.05, 0) is 18.4 Å². The second-order valence-electron chi connectivity index (χ2n) is 4.03. The molecule has 1 aromatic rings. The molecule has 0 spiro atoms. The molecule has 21 heavy (non-hydrogen) atoms. The van der Waals surface area contributed by atoms with Gasteiger partial charge in [-0.25, -0.2) is 0 Å². The molecule has 0 radical (unpaired) electrons. The number of rotatable bonds is 3. The number of fused-ring (bicyclic) bond motifs is 1. The van der Waals surface area contributed by atoms with Gasteiger partial charge in [0.1, 0.15) is 0 Å². The fourth-order valence-electron chi connectivity index (χ4n) is 1.87. The lowest BCUT2D eigenvalue weighted by Crippen LogP contribution is -2.11. The molecule has 0 aromatic heterocycles. The van der Waals surface area contributed by atoms with Gasteiger partial charge in [-0.3, -0.25) is 20.2 Å². The lowest BCUT2D eigenvalue weighted by Gasteiger charge is -2.17. The summed E-state index contributed by atoms with van der Waals surface area (Å²) in [5.41, 5.74) is 6.67. The van der Waals surface area contributed by atoms with Gasteiger partial charge in [0.05, 0.1) is 28.7 Å². The van der Waals surface area contributed by atoms with Crippen LogP contribution in [0.2, 0.25) is 0 Å². The Balaban J connectivity index is 2.79. The summed E-state index contributed by atoms with van der Waals surface area (Å²) in [6.07, 6.45) is 1.22. The van der Waals surface area contributed by atoms with Crippen molar-refractivity contribution in [3.63, 3.8) is 0 Å². The molecule has 11 nitrogen and oxygen atoms in total. The predicted octanol–water partition coefficient (Wildman–Crippen LogP) is 3.00. The number of nitro groups is 2. The minimum Gasteiger partial charge on any atom is -0.489 e. The standard InChI is InChI=1S/C10H9N5O6/c11-13-12-6-5-7(14(16)17)8(15(18)19)10-9(6)20-3-1-2-4-21-10/h5H,1-4H2. The molecule has 1 aliphatic heterocycles. The summed E-state index contributed by atoms with van der Waals surface area (Å²) < 4.78 is 10.6. The molecule has 0 atom stereocenters. The highest BCUT2D eigenvalue weighted by molar-refractivity contribution is 5.76. The lowest BCUT2D eigenvalue weighted by molar-refractivity contribution is -0.423. The molecule has 11 heteroatoms. The summed E-state index contributed by atoms with van der Waals surface area (Å²) in [6, 6.07) is 0.807. The Morgan fingerprint density at radius 1 is 1.14 bits per heavy atom. The van der Waals surface area contributed by atoms with Crippen LogP contribution in [0.1, 0.15) is 12.8 Å². The van der Waals surface area contributed by atoms with E-state index in [1.54, 1.807) is 0 Å². The molecule has 0 N–H and O–H groups in total. The largest absolute Gasteiger partial charge is 0.489 e. The van der Waals surface area contributed by atoms with E-state index in [0.29, 0.717) is 12.8 Å². The van der Waals surface area contributed by atoms with Crippen LogP contribution in [-0.2, 0) is 0 Å². The summed E-state index contributed by atoms with van der Waals surface area (Å²) in [4.78, 5) is 22.8. The molecule has 1 heterocycles. The summed E-state index contributed by atoms with van der Waals surface area (Å²) in [6.45, 7) is 0.382. The zero-order valence-corrected chi connectivity index (χ0v) is 10.6. The number of hydrogen-bond donors (Lipinski definition) is 0. The first-order valence-corrected chi connectivity index (χ1v) is 5.86. The number of benzene rings is 1. The zero-order chi connectivity index (χ0) is 15.4. The molecule has 2 rings (SSSR count). The second kappa shape index (κ2) is 5.92. The van der Waals surface area contributed by atoms with E-state index in [4.69, 9.17) is 15.0 Å². The van der Waals surface area contributed by atoms with E-state index in [9.17, 15) is 20.2 Å². The maximum absolute atomic E-state index is 11.1. The molecule has 0 saturated carbocycles. The first kappa shape index (κ1) is 14.3. The van der Waals surface area contributed by atoms with Gasteiger partial charge in [-0.1, -0.05) is 5.11 Å². The van der Waals surface area contributed by atoms with Crippen LogP contribution in [-0.4, -0.2) is 23.1 Å². The third-order valence-electron chi connectivity index (χ3n) is 2.73. The van der Waals surface area contributed by atoms with Crippen LogP contribution in [0.15, 0.2) is 11.2 Å². The van der Waals surface area contributed by atoms with E-state index in [1.165, 1.54) is 0 Å². The molecule has 0 unspecified atom stereocenters. The zero-order valence-electron chi connectivity index (χ0n) is 10.6. The fourth-order valence-corrected chi connectivity index (χ4v) is 1.87. The molecule has 0 aliphatic carbocycles. The van der Waals surface area contributed by atoms with Crippen molar-refractivity contribution < 1.29 is 19.3 Å². The normalized spacial score (nSPS) is 13.5. The minimum atomic E-state index is -0.934. The fraction of sp³-hybridized carbons (Fsp3) is 0.400. The van der Waals surface area contributed by atoms with Gasteiger partial charge >= 0.3 is 11.4 Å². The van der Waals surface area contributed by atoms with Gasteiger partial charge < -0.3 is 9.47 Å². The molecule has 0 saturated heterocycles. The quantitative estimate of drug-likeness (QED) is 0.274. The molecule has 0 bridgehead atoms. The third kappa shape index (κ3) is 2.77. The summed E-state index contributed by atoms with van der Waals surface area (Å²) in [5, 5.41) is 25.4. The maximum atomic E-state index is 11.1. The second-order valence-corrected chi connectivity index (χ2v) is 4.03. The first-order valence-electron chi connectivity index (χ1n) is 5.86. The highest BCUT2D eigenvalue weighted by Crippen LogP contribution is 2.50. The van der Waals surface area contributed by atoms with Crippen molar-refractivity contribution in [1.82, 2.24) is 0 Å². The van der Waals surface area contributed by atoms with Crippen LogP contribution in [0.3, 0.4) is 0 Å². The number of azide groups is 1. The van der Waals surface area contributed by atoms with Crippen molar-refractivity contribution in [2.24, 2.45) is 5.11 Å². The van der Waals surface area contributed by atoms with E-state index >= 15 is 0 Å². The number of ether oxygens (including phenoxy) is 2. The number of hydrogen-bond acceptors (Lipinski definition) is 7. The lowest BCUT2D eigenvalue weighted by atomic mass is 10.2. The number of nitro benzene ring substituents is 2. The average Bonchev–Trinajstić information content (AvgIpc) is 2.38. The van der Waals surface area contributed by atoms with E-state index in [0.717, 1.165) is 6.07 Å². The van der Waals surface area contributed by atoms with E-state index in [2.05, 4.69) is 10.0 Å². The predicted molar refractivity (Wildman–Crippen MR) is 68.8 cm³/mol. The average molecular weight is 295 g/mol. The Labute approximate surface area is 117 Å².